The smallest absolute Gasteiger partial charge is 0.342 e. The third kappa shape index (κ3) is 4.49. The van der Waals surface area contributed by atoms with Crippen LogP contribution in [0.15, 0.2) is 36.4 Å². The molecule has 7 heteroatoms. The maximum absolute atomic E-state index is 12.1. The van der Waals surface area contributed by atoms with E-state index in [0.717, 1.165) is 5.56 Å². The second-order valence-electron chi connectivity index (χ2n) is 5.36. The number of phenols is 1. The number of rotatable bonds is 4. The van der Waals surface area contributed by atoms with E-state index in [2.05, 4.69) is 5.32 Å². The maximum atomic E-state index is 12.1. The van der Waals surface area contributed by atoms with E-state index in [9.17, 15) is 14.7 Å². The minimum absolute atomic E-state index is 0.0216. The van der Waals surface area contributed by atoms with Crippen LogP contribution in [0.3, 0.4) is 0 Å². The van der Waals surface area contributed by atoms with Crippen LogP contribution in [0.4, 0.5) is 5.69 Å². The first kappa shape index (κ1) is 18.3. The van der Waals surface area contributed by atoms with Gasteiger partial charge in [-0.25, -0.2) is 4.79 Å². The summed E-state index contributed by atoms with van der Waals surface area (Å²) < 4.78 is 5.07. The summed E-state index contributed by atoms with van der Waals surface area (Å²) in [6.45, 7) is 3.18. The van der Waals surface area contributed by atoms with E-state index in [-0.39, 0.29) is 21.9 Å². The molecule has 0 radical (unpaired) electrons. The fourth-order valence-corrected chi connectivity index (χ4v) is 2.24. The SMILES string of the molecule is Cc1ccc(C(=O)O[C@H](C)C(=O)Nc2ccc(C#N)c(Cl)c2)c(O)c1. The van der Waals surface area contributed by atoms with Gasteiger partial charge in [-0.3, -0.25) is 4.79 Å². The standard InChI is InChI=1S/C18H15ClN2O4/c1-10-3-6-14(16(22)7-10)18(24)25-11(2)17(23)21-13-5-4-12(9-20)15(19)8-13/h3-8,11,22H,1-2H3,(H,21,23)/t11-/m1/s1. The lowest BCUT2D eigenvalue weighted by molar-refractivity contribution is -0.123. The van der Waals surface area contributed by atoms with E-state index in [1.807, 2.05) is 6.07 Å². The van der Waals surface area contributed by atoms with Crippen molar-refractivity contribution in [1.29, 1.82) is 5.26 Å². The Morgan fingerprint density at radius 3 is 2.60 bits per heavy atom. The Kier molecular flexibility index (Phi) is 5.63. The first-order valence-electron chi connectivity index (χ1n) is 7.33. The Morgan fingerprint density at radius 2 is 2.00 bits per heavy atom. The second kappa shape index (κ2) is 7.69. The van der Waals surface area contributed by atoms with Crippen molar-refractivity contribution in [1.82, 2.24) is 0 Å². The van der Waals surface area contributed by atoms with Crippen LogP contribution in [-0.2, 0) is 9.53 Å². The molecule has 6 nitrogen and oxygen atoms in total. The lowest BCUT2D eigenvalue weighted by Crippen LogP contribution is -2.30. The van der Waals surface area contributed by atoms with Gasteiger partial charge in [0.2, 0.25) is 0 Å². The number of benzene rings is 2. The lowest BCUT2D eigenvalue weighted by Gasteiger charge is -2.14. The third-order valence-electron chi connectivity index (χ3n) is 3.38. The van der Waals surface area contributed by atoms with E-state index in [4.69, 9.17) is 21.6 Å². The van der Waals surface area contributed by atoms with Crippen LogP contribution in [0, 0.1) is 18.3 Å². The molecule has 0 unspecified atom stereocenters. The topological polar surface area (TPSA) is 99.4 Å². The van der Waals surface area contributed by atoms with Gasteiger partial charge in [0.05, 0.1) is 10.6 Å². The molecule has 2 aromatic rings. The molecule has 0 aliphatic rings. The minimum atomic E-state index is -1.09. The quantitative estimate of drug-likeness (QED) is 0.816. The zero-order valence-corrected chi connectivity index (χ0v) is 14.3. The molecular weight excluding hydrogens is 344 g/mol. The molecule has 1 amide bonds. The molecule has 0 saturated carbocycles. The molecule has 25 heavy (non-hydrogen) atoms. The van der Waals surface area contributed by atoms with Crippen molar-refractivity contribution in [3.05, 3.63) is 58.1 Å². The van der Waals surface area contributed by atoms with Crippen molar-refractivity contribution in [3.63, 3.8) is 0 Å². The summed E-state index contributed by atoms with van der Waals surface area (Å²) in [5.74, 6) is -1.59. The molecule has 2 rings (SSSR count). The van der Waals surface area contributed by atoms with Crippen molar-refractivity contribution in [2.45, 2.75) is 20.0 Å². The number of halogens is 1. The van der Waals surface area contributed by atoms with Gasteiger partial charge in [-0.1, -0.05) is 17.7 Å². The first-order valence-corrected chi connectivity index (χ1v) is 7.70. The zero-order chi connectivity index (χ0) is 18.6. The van der Waals surface area contributed by atoms with Crippen molar-refractivity contribution in [2.75, 3.05) is 5.32 Å². The molecular formula is C18H15ClN2O4. The number of ether oxygens (including phenoxy) is 1. The Hall–Kier alpha value is -3.04. The van der Waals surface area contributed by atoms with Crippen LogP contribution in [0.2, 0.25) is 5.02 Å². The molecule has 2 N–H and O–H groups in total. The fourth-order valence-electron chi connectivity index (χ4n) is 2.02. The van der Waals surface area contributed by atoms with Gasteiger partial charge < -0.3 is 15.2 Å². The number of esters is 1. The highest BCUT2D eigenvalue weighted by molar-refractivity contribution is 6.32. The summed E-state index contributed by atoms with van der Waals surface area (Å²) in [6.07, 6.45) is -1.09. The molecule has 0 saturated heterocycles. The monoisotopic (exact) mass is 358 g/mol. The van der Waals surface area contributed by atoms with Gasteiger partial charge in [-0.15, -0.1) is 0 Å². The van der Waals surface area contributed by atoms with Gasteiger partial charge in [0.25, 0.3) is 5.91 Å². The molecule has 0 spiro atoms. The number of nitriles is 1. The number of carbonyl (C=O) groups excluding carboxylic acids is 2. The number of hydrogen-bond donors (Lipinski definition) is 2. The summed E-state index contributed by atoms with van der Waals surface area (Å²) in [5.41, 5.74) is 1.42. The zero-order valence-electron chi connectivity index (χ0n) is 13.5. The number of anilines is 1. The van der Waals surface area contributed by atoms with Gasteiger partial charge >= 0.3 is 5.97 Å². The molecule has 0 heterocycles. The van der Waals surface area contributed by atoms with Gasteiger partial charge in [-0.2, -0.15) is 5.26 Å². The molecule has 1 atom stereocenters. The van der Waals surface area contributed by atoms with E-state index in [0.29, 0.717) is 5.69 Å². The summed E-state index contributed by atoms with van der Waals surface area (Å²) in [6, 6.07) is 10.8. The largest absolute Gasteiger partial charge is 0.507 e. The number of nitrogens with zero attached hydrogens (tertiary/aromatic N) is 1. The molecule has 0 bridgehead atoms. The summed E-state index contributed by atoms with van der Waals surface area (Å²) in [7, 11) is 0. The predicted molar refractivity (Wildman–Crippen MR) is 92.5 cm³/mol. The molecule has 0 aromatic heterocycles. The van der Waals surface area contributed by atoms with Crippen molar-refractivity contribution >= 4 is 29.2 Å². The number of aryl methyl sites for hydroxylation is 1. The number of carbonyl (C=O) groups is 2. The Balaban J connectivity index is 2.04. The summed E-state index contributed by atoms with van der Waals surface area (Å²) in [4.78, 5) is 24.2. The van der Waals surface area contributed by atoms with Crippen LogP contribution in [0.5, 0.6) is 5.75 Å². The highest BCUT2D eigenvalue weighted by Crippen LogP contribution is 2.22. The van der Waals surface area contributed by atoms with Crippen molar-refractivity contribution in [2.24, 2.45) is 0 Å². The van der Waals surface area contributed by atoms with Crippen LogP contribution < -0.4 is 5.32 Å². The number of aromatic hydroxyl groups is 1. The molecule has 128 valence electrons. The highest BCUT2D eigenvalue weighted by atomic mass is 35.5. The van der Waals surface area contributed by atoms with Crippen LogP contribution in [-0.4, -0.2) is 23.1 Å². The second-order valence-corrected chi connectivity index (χ2v) is 5.77. The molecule has 0 fully saturated rings. The number of nitrogens with one attached hydrogen (secondary N) is 1. The average molecular weight is 359 g/mol. The Labute approximate surface area is 149 Å². The van der Waals surface area contributed by atoms with Gasteiger partial charge in [0, 0.05) is 5.69 Å². The Morgan fingerprint density at radius 1 is 1.28 bits per heavy atom. The van der Waals surface area contributed by atoms with Crippen molar-refractivity contribution in [3.8, 4) is 11.8 Å². The van der Waals surface area contributed by atoms with Gasteiger partial charge in [-0.05, 0) is 49.7 Å². The van der Waals surface area contributed by atoms with E-state index >= 15 is 0 Å². The number of amides is 1. The maximum Gasteiger partial charge on any atom is 0.342 e. The van der Waals surface area contributed by atoms with Crippen LogP contribution in [0.25, 0.3) is 0 Å². The minimum Gasteiger partial charge on any atom is -0.507 e. The third-order valence-corrected chi connectivity index (χ3v) is 3.70. The molecule has 0 aliphatic carbocycles. The van der Waals surface area contributed by atoms with Gasteiger partial charge in [0.1, 0.15) is 17.4 Å². The molecule has 0 aliphatic heterocycles. The number of hydrogen-bond acceptors (Lipinski definition) is 5. The van der Waals surface area contributed by atoms with Crippen molar-refractivity contribution < 1.29 is 19.4 Å². The van der Waals surface area contributed by atoms with E-state index < -0.39 is 18.0 Å². The normalized spacial score (nSPS) is 11.3. The van der Waals surface area contributed by atoms with E-state index in [1.54, 1.807) is 13.0 Å². The first-order chi connectivity index (χ1) is 11.8. The van der Waals surface area contributed by atoms with Crippen LogP contribution >= 0.6 is 11.6 Å². The average Bonchev–Trinajstić information content (AvgIpc) is 2.54. The highest BCUT2D eigenvalue weighted by Gasteiger charge is 2.21. The van der Waals surface area contributed by atoms with Crippen LogP contribution in [0.1, 0.15) is 28.4 Å². The summed E-state index contributed by atoms with van der Waals surface area (Å²) in [5, 5.41) is 21.4. The Bertz CT molecular complexity index is 874. The fraction of sp³-hybridized carbons (Fsp3) is 0.167. The summed E-state index contributed by atoms with van der Waals surface area (Å²) >= 11 is 5.90. The predicted octanol–water partition coefficient (Wildman–Crippen LogP) is 3.41. The van der Waals surface area contributed by atoms with E-state index in [1.165, 1.54) is 37.3 Å². The number of phenolic OH excluding ortho intramolecular Hbond substituents is 1. The lowest BCUT2D eigenvalue weighted by atomic mass is 10.1. The molecule has 2 aromatic carbocycles. The van der Waals surface area contributed by atoms with Gasteiger partial charge in [0.15, 0.2) is 6.10 Å².